The van der Waals surface area contributed by atoms with Crippen LogP contribution in [-0.4, -0.2) is 93.2 Å². The number of carbonyl (C=O) groups is 4. The van der Waals surface area contributed by atoms with Crippen molar-refractivity contribution in [2.75, 3.05) is 13.1 Å². The zero-order chi connectivity index (χ0) is 28.7. The molecule has 5 unspecified atom stereocenters. The van der Waals surface area contributed by atoms with Gasteiger partial charge in [0.15, 0.2) is 5.96 Å². The predicted octanol–water partition coefficient (Wildman–Crippen LogP) is -3.62. The molecule has 0 spiro atoms. The Labute approximate surface area is 220 Å². The zero-order valence-electron chi connectivity index (χ0n) is 21.4. The quantitative estimate of drug-likeness (QED) is 0.0492. The first-order valence-electron chi connectivity index (χ1n) is 12.3. The van der Waals surface area contributed by atoms with E-state index in [0.29, 0.717) is 31.5 Å². The number of aromatic amines is 1. The largest absolute Gasteiger partial charge is 0.480 e. The smallest absolute Gasteiger partial charge is 0.326 e. The van der Waals surface area contributed by atoms with E-state index in [1.807, 2.05) is 0 Å². The van der Waals surface area contributed by atoms with Gasteiger partial charge in [-0.1, -0.05) is 0 Å². The lowest BCUT2D eigenvalue weighted by Gasteiger charge is -2.26. The molecule has 38 heavy (non-hydrogen) atoms. The number of aliphatic hydroxyl groups is 1. The van der Waals surface area contributed by atoms with E-state index in [1.54, 1.807) is 0 Å². The number of hydrogen-bond acceptors (Lipinski definition) is 9. The Morgan fingerprint density at radius 1 is 1.03 bits per heavy atom. The molecule has 1 heterocycles. The molecule has 0 saturated heterocycles. The summed E-state index contributed by atoms with van der Waals surface area (Å²) in [4.78, 5) is 60.7. The van der Waals surface area contributed by atoms with Gasteiger partial charge >= 0.3 is 5.97 Å². The van der Waals surface area contributed by atoms with Crippen molar-refractivity contribution in [1.82, 2.24) is 25.9 Å². The first-order chi connectivity index (χ1) is 18.0. The summed E-state index contributed by atoms with van der Waals surface area (Å²) in [6.07, 6.45) is 3.25. The number of aliphatic hydroxyl groups excluding tert-OH is 1. The minimum Gasteiger partial charge on any atom is -0.480 e. The first-order valence-corrected chi connectivity index (χ1v) is 12.3. The van der Waals surface area contributed by atoms with E-state index in [4.69, 9.17) is 22.9 Å². The van der Waals surface area contributed by atoms with Crippen LogP contribution in [0.15, 0.2) is 17.5 Å². The minimum atomic E-state index is -1.44. The number of nitrogens with two attached hydrogens (primary N) is 4. The van der Waals surface area contributed by atoms with Crippen molar-refractivity contribution in [2.45, 2.75) is 75.7 Å². The number of carbonyl (C=O) groups excluding carboxylic acids is 3. The molecule has 0 aliphatic heterocycles. The molecule has 1 aromatic rings. The summed E-state index contributed by atoms with van der Waals surface area (Å²) >= 11 is 0. The molecule has 0 bridgehead atoms. The number of carboxylic acid groups (broad SMARTS) is 1. The second-order valence-corrected chi connectivity index (χ2v) is 8.81. The number of nitrogens with zero attached hydrogens (tertiary/aromatic N) is 2. The van der Waals surface area contributed by atoms with E-state index in [-0.39, 0.29) is 31.8 Å². The van der Waals surface area contributed by atoms with Gasteiger partial charge in [0.1, 0.15) is 18.1 Å². The van der Waals surface area contributed by atoms with E-state index >= 15 is 0 Å². The summed E-state index contributed by atoms with van der Waals surface area (Å²) in [5.41, 5.74) is 22.3. The van der Waals surface area contributed by atoms with Crippen LogP contribution in [0.3, 0.4) is 0 Å². The molecule has 1 rings (SSSR count). The number of aromatic nitrogens is 2. The Kier molecular flexibility index (Phi) is 14.3. The van der Waals surface area contributed by atoms with Crippen molar-refractivity contribution in [1.29, 1.82) is 0 Å². The molecule has 3 amide bonds. The fourth-order valence-electron chi connectivity index (χ4n) is 3.43. The third-order valence-corrected chi connectivity index (χ3v) is 5.54. The Bertz CT molecular complexity index is 920. The van der Waals surface area contributed by atoms with Gasteiger partial charge < -0.3 is 54.1 Å². The van der Waals surface area contributed by atoms with Crippen LogP contribution in [0.1, 0.15) is 44.7 Å². The van der Waals surface area contributed by atoms with Crippen molar-refractivity contribution >= 4 is 29.7 Å². The van der Waals surface area contributed by atoms with Gasteiger partial charge in [0.25, 0.3) is 0 Å². The van der Waals surface area contributed by atoms with Gasteiger partial charge in [0.05, 0.1) is 18.5 Å². The fraction of sp³-hybridized carbons (Fsp3) is 0.636. The molecule has 0 fully saturated rings. The predicted molar refractivity (Wildman–Crippen MR) is 138 cm³/mol. The SMILES string of the molecule is CC(O)C(NC(=O)C(N)CCCN=C(N)N)C(=O)NC(Cc1cnc[nH]1)C(=O)NC(CCCCN)C(=O)O. The second kappa shape index (κ2) is 16.9. The Morgan fingerprint density at radius 2 is 1.71 bits per heavy atom. The van der Waals surface area contributed by atoms with Crippen LogP contribution >= 0.6 is 0 Å². The molecule has 5 atom stereocenters. The number of imidazole rings is 1. The summed E-state index contributed by atoms with van der Waals surface area (Å²) in [5, 5.41) is 27.0. The topological polar surface area (TPSA) is 290 Å². The summed E-state index contributed by atoms with van der Waals surface area (Å²) in [5.74, 6) is -3.65. The van der Waals surface area contributed by atoms with Gasteiger partial charge in [0.2, 0.25) is 17.7 Å². The third-order valence-electron chi connectivity index (χ3n) is 5.54. The van der Waals surface area contributed by atoms with Gasteiger partial charge in [-0.2, -0.15) is 0 Å². The Balaban J connectivity index is 2.93. The van der Waals surface area contributed by atoms with E-state index in [0.717, 1.165) is 0 Å². The van der Waals surface area contributed by atoms with Crippen molar-refractivity contribution in [3.8, 4) is 0 Å². The number of aliphatic carboxylic acids is 1. The van der Waals surface area contributed by atoms with Crippen molar-refractivity contribution in [3.63, 3.8) is 0 Å². The number of nitrogens with one attached hydrogen (secondary N) is 4. The molecule has 1 aromatic heterocycles. The number of aliphatic imine (C=N–C) groups is 1. The number of guanidine groups is 1. The van der Waals surface area contributed by atoms with Crippen LogP contribution in [0.4, 0.5) is 0 Å². The molecule has 0 radical (unpaired) electrons. The number of rotatable bonds is 18. The molecule has 0 aliphatic carbocycles. The van der Waals surface area contributed by atoms with Gasteiger partial charge in [-0.15, -0.1) is 0 Å². The Morgan fingerprint density at radius 3 is 2.26 bits per heavy atom. The highest BCUT2D eigenvalue weighted by atomic mass is 16.4. The standard InChI is InChI=1S/C22H40N10O6/c1-12(33)17(32-18(34)14(24)5-4-8-28-22(25)26)20(36)31-16(9-13-10-27-11-29-13)19(35)30-15(21(37)38)6-2-3-7-23/h10-12,14-17,33H,2-9,23-24H2,1H3,(H,27,29)(H,30,35)(H,31,36)(H,32,34)(H,37,38)(H4,25,26,28). The van der Waals surface area contributed by atoms with Crippen LogP contribution in [0, 0.1) is 0 Å². The van der Waals surface area contributed by atoms with Crippen LogP contribution in [0.25, 0.3) is 0 Å². The van der Waals surface area contributed by atoms with Gasteiger partial charge in [-0.05, 0) is 45.6 Å². The molecule has 0 aromatic carbocycles. The average molecular weight is 541 g/mol. The summed E-state index contributed by atoms with van der Waals surface area (Å²) in [6.45, 7) is 1.93. The fourth-order valence-corrected chi connectivity index (χ4v) is 3.43. The highest BCUT2D eigenvalue weighted by Crippen LogP contribution is 2.06. The number of carboxylic acids is 1. The molecule has 0 aliphatic rings. The number of unbranched alkanes of at least 4 members (excludes halogenated alkanes) is 1. The lowest BCUT2D eigenvalue weighted by atomic mass is 10.1. The molecule has 16 nitrogen and oxygen atoms in total. The molecule has 16 heteroatoms. The van der Waals surface area contributed by atoms with E-state index in [2.05, 4.69) is 30.9 Å². The first kappa shape index (κ1) is 32.3. The zero-order valence-corrected chi connectivity index (χ0v) is 21.4. The maximum absolute atomic E-state index is 13.0. The molecular formula is C22H40N10O6. The molecule has 214 valence electrons. The maximum atomic E-state index is 13.0. The van der Waals surface area contributed by atoms with Crippen LogP contribution in [0.2, 0.25) is 0 Å². The normalized spacial score (nSPS) is 14.8. The van der Waals surface area contributed by atoms with Gasteiger partial charge in [0, 0.05) is 24.9 Å². The highest BCUT2D eigenvalue weighted by molar-refractivity contribution is 5.94. The van der Waals surface area contributed by atoms with E-state index in [1.165, 1.54) is 19.4 Å². The average Bonchev–Trinajstić information content (AvgIpc) is 3.36. The van der Waals surface area contributed by atoms with E-state index in [9.17, 15) is 29.4 Å². The third kappa shape index (κ3) is 12.0. The van der Waals surface area contributed by atoms with Crippen LogP contribution in [0.5, 0.6) is 0 Å². The number of H-pyrrole nitrogens is 1. The lowest BCUT2D eigenvalue weighted by molar-refractivity contribution is -0.142. The molecular weight excluding hydrogens is 500 g/mol. The second-order valence-electron chi connectivity index (χ2n) is 8.81. The molecule has 0 saturated carbocycles. The summed E-state index contributed by atoms with van der Waals surface area (Å²) < 4.78 is 0. The highest BCUT2D eigenvalue weighted by Gasteiger charge is 2.32. The number of amides is 3. The monoisotopic (exact) mass is 540 g/mol. The van der Waals surface area contributed by atoms with Crippen molar-refractivity contribution < 1.29 is 29.4 Å². The van der Waals surface area contributed by atoms with Crippen molar-refractivity contribution in [2.24, 2.45) is 27.9 Å². The van der Waals surface area contributed by atoms with Crippen LogP contribution in [-0.2, 0) is 25.6 Å². The van der Waals surface area contributed by atoms with Crippen LogP contribution < -0.4 is 38.9 Å². The minimum absolute atomic E-state index is 0.0580. The van der Waals surface area contributed by atoms with Gasteiger partial charge in [-0.3, -0.25) is 19.4 Å². The Hall–Kier alpha value is -3.76. The summed E-state index contributed by atoms with van der Waals surface area (Å²) in [6, 6.07) is -4.89. The summed E-state index contributed by atoms with van der Waals surface area (Å²) in [7, 11) is 0. The van der Waals surface area contributed by atoms with E-state index < -0.39 is 54.0 Å². The number of hydrogen-bond donors (Lipinski definition) is 10. The maximum Gasteiger partial charge on any atom is 0.326 e. The molecule has 14 N–H and O–H groups in total. The van der Waals surface area contributed by atoms with Crippen molar-refractivity contribution in [3.05, 3.63) is 18.2 Å². The lowest BCUT2D eigenvalue weighted by Crippen LogP contribution is -2.60. The van der Waals surface area contributed by atoms with Gasteiger partial charge in [-0.25, -0.2) is 9.78 Å².